The average Bonchev–Trinajstić information content (AvgIpc) is 3.73. The van der Waals surface area contributed by atoms with Crippen molar-refractivity contribution >= 4 is 28.0 Å². The van der Waals surface area contributed by atoms with Gasteiger partial charge in [-0.25, -0.2) is 0 Å². The predicted octanol–water partition coefficient (Wildman–Crippen LogP) is 17.9. The fourth-order valence-corrected chi connectivity index (χ4v) is 9.25. The fraction of sp³-hybridized carbons (Fsp3) is 0.0159. The standard InChI is InChI=1S/C63H45NO/c1-44-55-23-13-15-30-62(55)65-63(44)52-22-16-21-51(43-52)47-33-31-45(32-34-47)46-35-39-53(40-36-46)64(61-29-14-12-26-58(61)49-19-6-3-7-20-49)54-41-37-50(38-42-54)57-25-9-11-28-60(57)59-27-10-8-24-56(59)48-17-4-2-5-18-48/h2-43H,1H3. The van der Waals surface area contributed by atoms with E-state index in [1.807, 2.05) is 12.1 Å². The molecule has 11 rings (SSSR count). The van der Waals surface area contributed by atoms with E-state index in [2.05, 4.69) is 254 Å². The van der Waals surface area contributed by atoms with Crippen molar-refractivity contribution < 1.29 is 4.42 Å². The molecule has 0 saturated heterocycles. The van der Waals surface area contributed by atoms with Crippen molar-refractivity contribution in [3.05, 3.63) is 260 Å². The highest BCUT2D eigenvalue weighted by atomic mass is 16.3. The van der Waals surface area contributed by atoms with Crippen molar-refractivity contribution in [3.8, 4) is 78.1 Å². The highest BCUT2D eigenvalue weighted by molar-refractivity contribution is 5.94. The SMILES string of the molecule is Cc1c(-c2cccc(-c3ccc(-c4ccc(N(c5ccc(-c6ccccc6-c6ccccc6-c6ccccc6)cc5)c5ccccc5-c5ccccc5)cc4)cc3)c2)oc2ccccc12. The number of fused-ring (bicyclic) bond motifs is 1. The first kappa shape index (κ1) is 39.4. The van der Waals surface area contributed by atoms with Crippen LogP contribution in [0.4, 0.5) is 17.1 Å². The van der Waals surface area contributed by atoms with Gasteiger partial charge in [-0.1, -0.05) is 212 Å². The van der Waals surface area contributed by atoms with Gasteiger partial charge >= 0.3 is 0 Å². The van der Waals surface area contributed by atoms with E-state index < -0.39 is 0 Å². The van der Waals surface area contributed by atoms with Crippen LogP contribution in [0.1, 0.15) is 5.56 Å². The van der Waals surface area contributed by atoms with Gasteiger partial charge in [-0.2, -0.15) is 0 Å². The van der Waals surface area contributed by atoms with Gasteiger partial charge in [-0.05, 0) is 111 Å². The van der Waals surface area contributed by atoms with E-state index >= 15 is 0 Å². The molecule has 1 aromatic heterocycles. The molecule has 0 fully saturated rings. The van der Waals surface area contributed by atoms with Crippen LogP contribution in [0.5, 0.6) is 0 Å². The van der Waals surface area contributed by atoms with Gasteiger partial charge in [0.15, 0.2) is 0 Å². The zero-order valence-electron chi connectivity index (χ0n) is 36.1. The Morgan fingerprint density at radius 3 is 1.28 bits per heavy atom. The molecule has 65 heavy (non-hydrogen) atoms. The summed E-state index contributed by atoms with van der Waals surface area (Å²) >= 11 is 0. The Kier molecular flexibility index (Phi) is 10.5. The van der Waals surface area contributed by atoms with Crippen molar-refractivity contribution in [1.29, 1.82) is 0 Å². The van der Waals surface area contributed by atoms with Gasteiger partial charge in [0.25, 0.3) is 0 Å². The first-order chi connectivity index (χ1) is 32.2. The highest BCUT2D eigenvalue weighted by Crippen LogP contribution is 2.44. The third-order valence-corrected chi connectivity index (χ3v) is 12.5. The van der Waals surface area contributed by atoms with Gasteiger partial charge in [-0.15, -0.1) is 0 Å². The summed E-state index contributed by atoms with van der Waals surface area (Å²) in [5.74, 6) is 0.923. The molecular weight excluding hydrogens is 787 g/mol. The molecule has 11 aromatic rings. The second kappa shape index (κ2) is 17.4. The predicted molar refractivity (Wildman–Crippen MR) is 274 cm³/mol. The number of furan rings is 1. The van der Waals surface area contributed by atoms with Gasteiger partial charge in [0.2, 0.25) is 0 Å². The summed E-state index contributed by atoms with van der Waals surface area (Å²) in [7, 11) is 0. The molecule has 0 unspecified atom stereocenters. The summed E-state index contributed by atoms with van der Waals surface area (Å²) in [4.78, 5) is 2.38. The van der Waals surface area contributed by atoms with Crippen LogP contribution in [-0.2, 0) is 0 Å². The van der Waals surface area contributed by atoms with E-state index in [1.165, 1.54) is 44.5 Å². The minimum absolute atomic E-state index is 0.917. The number of hydrogen-bond acceptors (Lipinski definition) is 2. The maximum Gasteiger partial charge on any atom is 0.138 e. The quantitative estimate of drug-likeness (QED) is 0.136. The molecule has 0 radical (unpaired) electrons. The summed E-state index contributed by atoms with van der Waals surface area (Å²) < 4.78 is 6.32. The minimum atomic E-state index is 0.917. The maximum atomic E-state index is 6.32. The van der Waals surface area contributed by atoms with Gasteiger partial charge < -0.3 is 9.32 Å². The smallest absolute Gasteiger partial charge is 0.138 e. The van der Waals surface area contributed by atoms with Crippen molar-refractivity contribution in [2.24, 2.45) is 0 Å². The first-order valence-electron chi connectivity index (χ1n) is 22.2. The molecule has 0 atom stereocenters. The van der Waals surface area contributed by atoms with Crippen LogP contribution >= 0.6 is 0 Å². The lowest BCUT2D eigenvalue weighted by Crippen LogP contribution is -2.11. The Balaban J connectivity index is 0.927. The second-order valence-corrected chi connectivity index (χ2v) is 16.5. The van der Waals surface area contributed by atoms with Crippen LogP contribution in [0, 0.1) is 6.92 Å². The van der Waals surface area contributed by atoms with Crippen LogP contribution in [-0.4, -0.2) is 0 Å². The monoisotopic (exact) mass is 831 g/mol. The minimum Gasteiger partial charge on any atom is -0.456 e. The number of hydrogen-bond donors (Lipinski definition) is 0. The zero-order chi connectivity index (χ0) is 43.5. The molecule has 0 aliphatic heterocycles. The largest absolute Gasteiger partial charge is 0.456 e. The van der Waals surface area contributed by atoms with Gasteiger partial charge in [-0.3, -0.25) is 0 Å². The molecule has 0 amide bonds. The van der Waals surface area contributed by atoms with Crippen molar-refractivity contribution in [3.63, 3.8) is 0 Å². The zero-order valence-corrected chi connectivity index (χ0v) is 36.1. The summed E-state index contributed by atoms with van der Waals surface area (Å²) in [5, 5.41) is 1.16. The Morgan fingerprint density at radius 2 is 0.692 bits per heavy atom. The molecule has 0 saturated carbocycles. The lowest BCUT2D eigenvalue weighted by molar-refractivity contribution is 0.629. The lowest BCUT2D eigenvalue weighted by atomic mass is 9.89. The second-order valence-electron chi connectivity index (χ2n) is 16.5. The van der Waals surface area contributed by atoms with Crippen molar-refractivity contribution in [1.82, 2.24) is 0 Å². The van der Waals surface area contributed by atoms with Crippen molar-refractivity contribution in [2.45, 2.75) is 6.92 Å². The topological polar surface area (TPSA) is 16.4 Å². The van der Waals surface area contributed by atoms with E-state index in [9.17, 15) is 0 Å². The first-order valence-corrected chi connectivity index (χ1v) is 22.2. The Bertz CT molecular complexity index is 3400. The van der Waals surface area contributed by atoms with Crippen LogP contribution in [0.2, 0.25) is 0 Å². The number of aryl methyl sites for hydroxylation is 1. The third-order valence-electron chi connectivity index (χ3n) is 12.5. The highest BCUT2D eigenvalue weighted by Gasteiger charge is 2.19. The maximum absolute atomic E-state index is 6.32. The van der Waals surface area contributed by atoms with Gasteiger partial charge in [0, 0.05) is 33.5 Å². The Morgan fingerprint density at radius 1 is 0.292 bits per heavy atom. The van der Waals surface area contributed by atoms with Crippen LogP contribution in [0.15, 0.2) is 259 Å². The van der Waals surface area contributed by atoms with Crippen molar-refractivity contribution in [2.75, 3.05) is 4.90 Å². The van der Waals surface area contributed by atoms with E-state index in [-0.39, 0.29) is 0 Å². The molecule has 0 aliphatic rings. The van der Waals surface area contributed by atoms with Crippen LogP contribution in [0.25, 0.3) is 89.1 Å². The number of benzene rings is 10. The molecule has 2 heteroatoms. The number of anilines is 3. The Labute approximate surface area is 381 Å². The molecule has 308 valence electrons. The van der Waals surface area contributed by atoms with E-state index in [1.54, 1.807) is 0 Å². The Hall–Kier alpha value is -8.46. The molecule has 0 N–H and O–H groups in total. The normalized spacial score (nSPS) is 11.2. The fourth-order valence-electron chi connectivity index (χ4n) is 9.25. The average molecular weight is 832 g/mol. The number of rotatable bonds is 10. The molecular formula is C63H45NO. The number of nitrogens with zero attached hydrogens (tertiary/aromatic N) is 1. The number of para-hydroxylation sites is 2. The molecule has 0 aliphatic carbocycles. The summed E-state index contributed by atoms with van der Waals surface area (Å²) in [6.07, 6.45) is 0. The van der Waals surface area contributed by atoms with E-state index in [4.69, 9.17) is 4.42 Å². The molecule has 0 spiro atoms. The molecule has 0 bridgehead atoms. The lowest BCUT2D eigenvalue weighted by Gasteiger charge is -2.28. The third kappa shape index (κ3) is 7.73. The van der Waals surface area contributed by atoms with Crippen LogP contribution in [0.3, 0.4) is 0 Å². The van der Waals surface area contributed by atoms with E-state index in [0.29, 0.717) is 0 Å². The molecule has 1 heterocycles. The summed E-state index contributed by atoms with van der Waals surface area (Å²) in [5.41, 5.74) is 20.6. The van der Waals surface area contributed by atoms with Gasteiger partial charge in [0.05, 0.1) is 5.69 Å². The summed E-state index contributed by atoms with van der Waals surface area (Å²) in [6, 6.07) is 91.3. The van der Waals surface area contributed by atoms with Gasteiger partial charge in [0.1, 0.15) is 11.3 Å². The van der Waals surface area contributed by atoms with E-state index in [0.717, 1.165) is 67.2 Å². The molecule has 2 nitrogen and oxygen atoms in total. The molecule has 10 aromatic carbocycles. The van der Waals surface area contributed by atoms with Crippen LogP contribution < -0.4 is 4.90 Å². The summed E-state index contributed by atoms with van der Waals surface area (Å²) in [6.45, 7) is 2.14.